The molecule has 2 saturated heterocycles. The lowest BCUT2D eigenvalue weighted by atomic mass is 9.83. The predicted octanol–water partition coefficient (Wildman–Crippen LogP) is 4.55. The van der Waals surface area contributed by atoms with Crippen LogP contribution in [0.1, 0.15) is 41.8 Å². The zero-order valence-electron chi connectivity index (χ0n) is 13.8. The van der Waals surface area contributed by atoms with Gasteiger partial charge < -0.3 is 10.2 Å². The van der Waals surface area contributed by atoms with Crippen LogP contribution in [-0.2, 0) is 0 Å². The van der Waals surface area contributed by atoms with Gasteiger partial charge in [-0.15, -0.1) is 11.3 Å². The van der Waals surface area contributed by atoms with Crippen LogP contribution in [-0.4, -0.2) is 36.5 Å². The molecular formula is C19H23ClN2OS. The molecule has 5 heteroatoms. The Bertz CT molecular complexity index is 742. The van der Waals surface area contributed by atoms with Crippen LogP contribution in [0.2, 0.25) is 5.02 Å². The Balaban J connectivity index is 1.42. The molecule has 2 aliphatic rings. The van der Waals surface area contributed by atoms with Crippen molar-refractivity contribution in [3.05, 3.63) is 34.2 Å². The Morgan fingerprint density at radius 2 is 2.12 bits per heavy atom. The maximum Gasteiger partial charge on any atom is 0.261 e. The lowest BCUT2D eigenvalue weighted by molar-refractivity contribution is 0.0576. The first-order valence-corrected chi connectivity index (χ1v) is 10.1. The quantitative estimate of drug-likeness (QED) is 0.868. The minimum absolute atomic E-state index is 0.0419. The second-order valence-corrected chi connectivity index (χ2v) is 8.46. The number of hydrogen-bond acceptors (Lipinski definition) is 3. The fourth-order valence-corrected chi connectivity index (χ4v) is 5.55. The number of fused-ring (bicyclic) bond motifs is 2. The largest absolute Gasteiger partial charge is 0.351 e. The van der Waals surface area contributed by atoms with E-state index < -0.39 is 0 Å². The zero-order valence-corrected chi connectivity index (χ0v) is 15.3. The molecule has 2 aliphatic heterocycles. The molecule has 2 aromatic rings. The van der Waals surface area contributed by atoms with Crippen LogP contribution >= 0.6 is 22.9 Å². The van der Waals surface area contributed by atoms with Crippen LogP contribution in [0.5, 0.6) is 0 Å². The summed E-state index contributed by atoms with van der Waals surface area (Å²) in [6, 6.07) is 8.42. The number of nitrogens with one attached hydrogen (secondary N) is 1. The van der Waals surface area contributed by atoms with Gasteiger partial charge in [-0.1, -0.05) is 24.1 Å². The summed E-state index contributed by atoms with van der Waals surface area (Å²) >= 11 is 7.74. The molecule has 3 nitrogen and oxygen atoms in total. The van der Waals surface area contributed by atoms with E-state index in [2.05, 4.69) is 10.2 Å². The highest BCUT2D eigenvalue weighted by atomic mass is 35.5. The summed E-state index contributed by atoms with van der Waals surface area (Å²) in [7, 11) is 0. The highest BCUT2D eigenvalue weighted by molar-refractivity contribution is 7.20. The van der Waals surface area contributed by atoms with Crippen molar-refractivity contribution in [1.82, 2.24) is 10.2 Å². The zero-order chi connectivity index (χ0) is 16.5. The maximum atomic E-state index is 12.6. The number of piperidine rings is 2. The average Bonchev–Trinajstić information content (AvgIpc) is 3.05. The first-order valence-electron chi connectivity index (χ1n) is 8.93. The van der Waals surface area contributed by atoms with Crippen molar-refractivity contribution in [3.8, 4) is 0 Å². The van der Waals surface area contributed by atoms with Gasteiger partial charge in [0.1, 0.15) is 0 Å². The summed E-state index contributed by atoms with van der Waals surface area (Å²) < 4.78 is 1.07. The number of benzene rings is 1. The molecule has 0 bridgehead atoms. The van der Waals surface area contributed by atoms with Gasteiger partial charge in [0.15, 0.2) is 0 Å². The molecule has 1 aromatic heterocycles. The Morgan fingerprint density at radius 3 is 3.00 bits per heavy atom. The molecule has 0 spiro atoms. The minimum atomic E-state index is 0.0419. The van der Waals surface area contributed by atoms with Crippen molar-refractivity contribution in [1.29, 1.82) is 0 Å². The second kappa shape index (κ2) is 7.03. The average molecular weight is 363 g/mol. The Morgan fingerprint density at radius 1 is 1.25 bits per heavy atom. The van der Waals surface area contributed by atoms with Gasteiger partial charge in [0.2, 0.25) is 0 Å². The third kappa shape index (κ3) is 3.19. The molecule has 0 aliphatic carbocycles. The highest BCUT2D eigenvalue weighted by Gasteiger charge is 2.33. The summed E-state index contributed by atoms with van der Waals surface area (Å²) in [4.78, 5) is 16.0. The Labute approximate surface area is 152 Å². The van der Waals surface area contributed by atoms with E-state index in [9.17, 15) is 4.79 Å². The predicted molar refractivity (Wildman–Crippen MR) is 101 cm³/mol. The van der Waals surface area contributed by atoms with E-state index in [1.807, 2.05) is 24.3 Å². The van der Waals surface area contributed by atoms with Gasteiger partial charge in [-0.25, -0.2) is 0 Å². The number of rotatable bonds is 3. The Hall–Kier alpha value is -1.10. The SMILES string of the molecule is O=C(NCC1CCCN2CCCCC12)c1cc2c(Cl)cccc2s1. The molecule has 4 rings (SSSR count). The van der Waals surface area contributed by atoms with Crippen LogP contribution in [0.3, 0.4) is 0 Å². The highest BCUT2D eigenvalue weighted by Crippen LogP contribution is 2.32. The molecule has 1 N–H and O–H groups in total. The minimum Gasteiger partial charge on any atom is -0.351 e. The summed E-state index contributed by atoms with van der Waals surface area (Å²) in [6.45, 7) is 3.27. The molecule has 2 fully saturated rings. The number of halogens is 1. The molecule has 2 unspecified atom stereocenters. The lowest BCUT2D eigenvalue weighted by Crippen LogP contribution is -2.50. The summed E-state index contributed by atoms with van der Waals surface area (Å²) in [6.07, 6.45) is 6.45. The van der Waals surface area contributed by atoms with Gasteiger partial charge >= 0.3 is 0 Å². The van der Waals surface area contributed by atoms with Crippen LogP contribution in [0.4, 0.5) is 0 Å². The van der Waals surface area contributed by atoms with Gasteiger partial charge in [0, 0.05) is 27.7 Å². The molecule has 1 aromatic carbocycles. The number of carbonyl (C=O) groups excluding carboxylic acids is 1. The second-order valence-electron chi connectivity index (χ2n) is 6.97. The molecule has 128 valence electrons. The molecule has 3 heterocycles. The number of thiophene rings is 1. The first-order chi connectivity index (χ1) is 11.7. The monoisotopic (exact) mass is 362 g/mol. The van der Waals surface area contributed by atoms with E-state index in [1.54, 1.807) is 0 Å². The number of nitrogens with zero attached hydrogens (tertiary/aromatic N) is 1. The van der Waals surface area contributed by atoms with Crippen molar-refractivity contribution in [2.75, 3.05) is 19.6 Å². The van der Waals surface area contributed by atoms with E-state index in [0.717, 1.165) is 21.5 Å². The molecule has 0 saturated carbocycles. The molecule has 1 amide bonds. The smallest absolute Gasteiger partial charge is 0.261 e. The third-order valence-corrected chi connectivity index (χ3v) is 6.91. The van der Waals surface area contributed by atoms with Crippen LogP contribution in [0.25, 0.3) is 10.1 Å². The third-order valence-electron chi connectivity index (χ3n) is 5.49. The van der Waals surface area contributed by atoms with Crippen molar-refractivity contribution < 1.29 is 4.79 Å². The van der Waals surface area contributed by atoms with E-state index >= 15 is 0 Å². The fraction of sp³-hybridized carbons (Fsp3) is 0.526. The van der Waals surface area contributed by atoms with Crippen molar-refractivity contribution >= 4 is 38.9 Å². The lowest BCUT2D eigenvalue weighted by Gasteiger charge is -2.44. The molecular weight excluding hydrogens is 340 g/mol. The van der Waals surface area contributed by atoms with Crippen LogP contribution in [0.15, 0.2) is 24.3 Å². The van der Waals surface area contributed by atoms with Crippen LogP contribution in [0, 0.1) is 5.92 Å². The van der Waals surface area contributed by atoms with Gasteiger partial charge in [0.25, 0.3) is 5.91 Å². The van der Waals surface area contributed by atoms with E-state index in [4.69, 9.17) is 11.6 Å². The summed E-state index contributed by atoms with van der Waals surface area (Å²) in [5.41, 5.74) is 0. The number of carbonyl (C=O) groups is 1. The van der Waals surface area contributed by atoms with Gasteiger partial charge in [-0.05, 0) is 62.9 Å². The number of hydrogen-bond donors (Lipinski definition) is 1. The van der Waals surface area contributed by atoms with Gasteiger partial charge in [0.05, 0.1) is 4.88 Å². The normalized spacial score (nSPS) is 24.7. The summed E-state index contributed by atoms with van der Waals surface area (Å²) in [5.74, 6) is 0.640. The van der Waals surface area contributed by atoms with Gasteiger partial charge in [-0.2, -0.15) is 0 Å². The van der Waals surface area contributed by atoms with E-state index in [-0.39, 0.29) is 5.91 Å². The number of amides is 1. The van der Waals surface area contributed by atoms with E-state index in [0.29, 0.717) is 17.0 Å². The maximum absolute atomic E-state index is 12.6. The van der Waals surface area contributed by atoms with Crippen LogP contribution < -0.4 is 5.32 Å². The van der Waals surface area contributed by atoms with Crippen molar-refractivity contribution in [2.24, 2.45) is 5.92 Å². The molecule has 0 radical (unpaired) electrons. The fourth-order valence-electron chi connectivity index (χ4n) is 4.26. The van der Waals surface area contributed by atoms with E-state index in [1.165, 1.54) is 56.5 Å². The molecule has 24 heavy (non-hydrogen) atoms. The summed E-state index contributed by atoms with van der Waals surface area (Å²) in [5, 5.41) is 4.88. The van der Waals surface area contributed by atoms with Crippen molar-refractivity contribution in [2.45, 2.75) is 38.1 Å². The Kier molecular flexibility index (Phi) is 4.79. The standard InChI is InChI=1S/C19H23ClN2OS/c20-15-6-3-8-17-14(15)11-18(24-17)19(23)21-12-13-5-4-10-22-9-2-1-7-16(13)22/h3,6,8,11,13,16H,1-2,4-5,7,9-10,12H2,(H,21,23). The van der Waals surface area contributed by atoms with Crippen molar-refractivity contribution in [3.63, 3.8) is 0 Å². The first kappa shape index (κ1) is 16.4. The van der Waals surface area contributed by atoms with Gasteiger partial charge in [-0.3, -0.25) is 4.79 Å². The molecule has 2 atom stereocenters. The topological polar surface area (TPSA) is 32.3 Å².